The van der Waals surface area contributed by atoms with Gasteiger partial charge in [0.25, 0.3) is 0 Å². The number of nitrogens with zero attached hydrogens (tertiary/aromatic N) is 6. The minimum Gasteiger partial charge on any atom is -0.402 e. The van der Waals surface area contributed by atoms with Crippen LogP contribution >= 0.6 is 0 Å². The van der Waals surface area contributed by atoms with Crippen LogP contribution in [0, 0.1) is 0 Å². The molecule has 174 valence electrons. The molecule has 4 aromatic rings. The van der Waals surface area contributed by atoms with Crippen LogP contribution in [0.25, 0.3) is 17.5 Å². The van der Waals surface area contributed by atoms with Gasteiger partial charge in [0.2, 0.25) is 5.89 Å². The summed E-state index contributed by atoms with van der Waals surface area (Å²) in [7, 11) is 0. The summed E-state index contributed by atoms with van der Waals surface area (Å²) in [6, 6.07) is 19.4. The summed E-state index contributed by atoms with van der Waals surface area (Å²) < 4.78 is 31.7. The predicted octanol–water partition coefficient (Wildman–Crippen LogP) is 2.85. The molecule has 11 nitrogen and oxygen atoms in total. The fourth-order valence-electron chi connectivity index (χ4n) is 4.14. The van der Waals surface area contributed by atoms with E-state index in [2.05, 4.69) is 25.7 Å². The molecule has 0 bridgehead atoms. The number of fused-ring (bicyclic) bond motifs is 1. The van der Waals surface area contributed by atoms with Gasteiger partial charge in [0.05, 0.1) is 6.61 Å². The van der Waals surface area contributed by atoms with Crippen molar-refractivity contribution in [3.8, 4) is 17.5 Å². The van der Waals surface area contributed by atoms with Crippen molar-refractivity contribution in [3.05, 3.63) is 72.1 Å². The molecule has 2 fully saturated rings. The third-order valence-corrected chi connectivity index (χ3v) is 5.64. The molecule has 0 amide bonds. The van der Waals surface area contributed by atoms with E-state index in [0.717, 1.165) is 11.1 Å². The van der Waals surface area contributed by atoms with Crippen LogP contribution in [0.15, 0.2) is 65.1 Å². The highest BCUT2D eigenvalue weighted by atomic mass is 16.8. The lowest BCUT2D eigenvalue weighted by atomic mass is 10.1. The SMILES string of the molecule is CC1(C)O[C@H]2O[C@H](c3nnnn3-c3nnc(-c4ccccc4)o3)[C@H](OCc3ccccc3)[C@H]2O1. The third-order valence-electron chi connectivity index (χ3n) is 5.64. The van der Waals surface area contributed by atoms with Crippen LogP contribution in [0.5, 0.6) is 0 Å². The van der Waals surface area contributed by atoms with E-state index in [-0.39, 0.29) is 6.01 Å². The summed E-state index contributed by atoms with van der Waals surface area (Å²) in [4.78, 5) is 0. The summed E-state index contributed by atoms with van der Waals surface area (Å²) >= 11 is 0. The van der Waals surface area contributed by atoms with E-state index in [1.54, 1.807) is 0 Å². The van der Waals surface area contributed by atoms with Crippen LogP contribution in [0.3, 0.4) is 0 Å². The molecule has 0 aliphatic carbocycles. The molecule has 0 saturated carbocycles. The van der Waals surface area contributed by atoms with E-state index < -0.39 is 30.4 Å². The summed E-state index contributed by atoms with van der Waals surface area (Å²) in [6.45, 7) is 4.04. The molecule has 34 heavy (non-hydrogen) atoms. The average molecular weight is 462 g/mol. The second-order valence-corrected chi connectivity index (χ2v) is 8.49. The van der Waals surface area contributed by atoms with Gasteiger partial charge in [-0.2, -0.15) is 0 Å². The van der Waals surface area contributed by atoms with E-state index >= 15 is 0 Å². The molecule has 0 N–H and O–H groups in total. The maximum atomic E-state index is 6.29. The Balaban J connectivity index is 1.30. The second kappa shape index (κ2) is 8.37. The first kappa shape index (κ1) is 21.1. The van der Waals surface area contributed by atoms with Crippen LogP contribution in [-0.2, 0) is 25.6 Å². The van der Waals surface area contributed by atoms with E-state index in [9.17, 15) is 0 Å². The summed E-state index contributed by atoms with van der Waals surface area (Å²) in [5, 5.41) is 20.3. The van der Waals surface area contributed by atoms with Crippen LogP contribution in [-0.4, -0.2) is 54.7 Å². The van der Waals surface area contributed by atoms with Gasteiger partial charge in [-0.25, -0.2) is 0 Å². The fraction of sp³-hybridized carbons (Fsp3) is 0.348. The molecule has 6 rings (SSSR count). The van der Waals surface area contributed by atoms with Gasteiger partial charge in [-0.1, -0.05) is 53.6 Å². The molecule has 2 aromatic heterocycles. The van der Waals surface area contributed by atoms with Gasteiger partial charge in [0, 0.05) is 5.56 Å². The van der Waals surface area contributed by atoms with Crippen LogP contribution in [0.4, 0.5) is 0 Å². The molecule has 0 unspecified atom stereocenters. The van der Waals surface area contributed by atoms with Crippen molar-refractivity contribution in [1.82, 2.24) is 30.4 Å². The first-order chi connectivity index (χ1) is 16.6. The summed E-state index contributed by atoms with van der Waals surface area (Å²) in [6.07, 6.45) is -2.31. The Kier molecular flexibility index (Phi) is 5.18. The van der Waals surface area contributed by atoms with Gasteiger partial charge >= 0.3 is 6.01 Å². The number of tetrazole rings is 1. The fourth-order valence-corrected chi connectivity index (χ4v) is 4.14. The Hall–Kier alpha value is -3.51. The van der Waals surface area contributed by atoms with E-state index in [4.69, 9.17) is 23.4 Å². The van der Waals surface area contributed by atoms with Gasteiger partial charge in [0.1, 0.15) is 12.2 Å². The Morgan fingerprint density at radius 2 is 1.71 bits per heavy atom. The smallest absolute Gasteiger partial charge is 0.347 e. The molecule has 2 aliphatic heterocycles. The second-order valence-electron chi connectivity index (χ2n) is 8.49. The normalized spacial score (nSPS) is 25.5. The molecule has 11 heteroatoms. The molecule has 2 aromatic carbocycles. The minimum atomic E-state index is -0.794. The first-order valence-corrected chi connectivity index (χ1v) is 10.9. The number of benzene rings is 2. The van der Waals surface area contributed by atoms with Crippen molar-refractivity contribution in [2.24, 2.45) is 0 Å². The third kappa shape index (κ3) is 3.88. The molecule has 2 aliphatic rings. The van der Waals surface area contributed by atoms with Crippen molar-refractivity contribution in [1.29, 1.82) is 0 Å². The minimum absolute atomic E-state index is 0.114. The van der Waals surface area contributed by atoms with Crippen molar-refractivity contribution < 1.29 is 23.4 Å². The van der Waals surface area contributed by atoms with Crippen molar-refractivity contribution in [2.45, 2.75) is 50.8 Å². The monoisotopic (exact) mass is 462 g/mol. The highest BCUT2D eigenvalue weighted by molar-refractivity contribution is 5.52. The topological polar surface area (TPSA) is 119 Å². The average Bonchev–Trinajstić information content (AvgIpc) is 3.61. The van der Waals surface area contributed by atoms with Crippen LogP contribution in [0.2, 0.25) is 0 Å². The lowest BCUT2D eigenvalue weighted by Gasteiger charge is -2.25. The van der Waals surface area contributed by atoms with Crippen LogP contribution in [0.1, 0.15) is 31.3 Å². The highest BCUT2D eigenvalue weighted by Crippen LogP contribution is 2.44. The molecule has 0 spiro atoms. The van der Waals surface area contributed by atoms with E-state index in [0.29, 0.717) is 18.3 Å². The van der Waals surface area contributed by atoms with Gasteiger partial charge in [-0.05, 0) is 42.0 Å². The number of hydrogen-bond donors (Lipinski definition) is 0. The lowest BCUT2D eigenvalue weighted by molar-refractivity contribution is -0.221. The van der Waals surface area contributed by atoms with Crippen LogP contribution < -0.4 is 0 Å². The number of hydrogen-bond acceptors (Lipinski definition) is 10. The Morgan fingerprint density at radius 3 is 2.50 bits per heavy atom. The zero-order valence-corrected chi connectivity index (χ0v) is 18.5. The maximum Gasteiger partial charge on any atom is 0.347 e. The summed E-state index contributed by atoms with van der Waals surface area (Å²) in [5.74, 6) is -0.0928. The van der Waals surface area contributed by atoms with Crippen molar-refractivity contribution >= 4 is 0 Å². The standard InChI is InChI=1S/C23H22N6O5/c1-23(2)33-18-16(30-13-14-9-5-3-6-10-14)17(31-21(18)34-23)19-24-27-28-29(19)22-26-25-20(32-22)15-11-7-4-8-12-15/h3-12,16-18,21H,13H2,1-2H3/t16-,17-,18+,21+/m0/s1. The van der Waals surface area contributed by atoms with E-state index in [1.807, 2.05) is 74.5 Å². The van der Waals surface area contributed by atoms with E-state index in [1.165, 1.54) is 4.68 Å². The predicted molar refractivity (Wildman–Crippen MR) is 115 cm³/mol. The van der Waals surface area contributed by atoms with Gasteiger partial charge in [-0.15, -0.1) is 14.9 Å². The van der Waals surface area contributed by atoms with Gasteiger partial charge in [-0.3, -0.25) is 0 Å². The van der Waals surface area contributed by atoms with Gasteiger partial charge in [0.15, 0.2) is 24.0 Å². The molecular weight excluding hydrogens is 440 g/mol. The number of rotatable bonds is 6. The lowest BCUT2D eigenvalue weighted by Crippen LogP contribution is -2.34. The molecular formula is C23H22N6O5. The first-order valence-electron chi connectivity index (χ1n) is 10.9. The van der Waals surface area contributed by atoms with Gasteiger partial charge < -0.3 is 23.4 Å². The van der Waals surface area contributed by atoms with Crippen molar-refractivity contribution in [3.63, 3.8) is 0 Å². The number of ether oxygens (including phenoxy) is 4. The molecule has 4 atom stereocenters. The highest BCUT2D eigenvalue weighted by Gasteiger charge is 2.57. The summed E-state index contributed by atoms with van der Waals surface area (Å²) in [5.41, 5.74) is 1.81. The largest absolute Gasteiger partial charge is 0.402 e. The quantitative estimate of drug-likeness (QED) is 0.423. The Morgan fingerprint density at radius 1 is 0.941 bits per heavy atom. The maximum absolute atomic E-state index is 6.29. The molecule has 4 heterocycles. The Bertz CT molecular complexity index is 1260. The molecule has 0 radical (unpaired) electrons. The number of aromatic nitrogens is 6. The molecule has 2 saturated heterocycles. The Labute approximate surface area is 194 Å². The zero-order chi connectivity index (χ0) is 23.1. The van der Waals surface area contributed by atoms with Crippen molar-refractivity contribution in [2.75, 3.05) is 0 Å². The zero-order valence-electron chi connectivity index (χ0n) is 18.5.